The van der Waals surface area contributed by atoms with Crippen molar-refractivity contribution in [3.8, 4) is 6.07 Å². The van der Waals surface area contributed by atoms with Crippen LogP contribution in [0, 0.1) is 11.3 Å². The number of nitrogens with zero attached hydrogens (tertiary/aromatic N) is 2. The van der Waals surface area contributed by atoms with Crippen LogP contribution in [0.4, 0.5) is 5.82 Å². The summed E-state index contributed by atoms with van der Waals surface area (Å²) in [5.41, 5.74) is 1.90. The van der Waals surface area contributed by atoms with Gasteiger partial charge in [0.1, 0.15) is 11.9 Å². The first-order valence-electron chi connectivity index (χ1n) is 5.42. The summed E-state index contributed by atoms with van der Waals surface area (Å²) < 4.78 is 0. The molecule has 0 fully saturated rings. The predicted molar refractivity (Wildman–Crippen MR) is 70.1 cm³/mol. The zero-order chi connectivity index (χ0) is 12.1. The fourth-order valence-electron chi connectivity index (χ4n) is 1.66. The molecule has 0 aliphatic carbocycles. The summed E-state index contributed by atoms with van der Waals surface area (Å²) >= 11 is 1.70. The van der Waals surface area contributed by atoms with Crippen molar-refractivity contribution in [3.05, 3.63) is 46.3 Å². The Morgan fingerprint density at radius 3 is 3.12 bits per heavy atom. The van der Waals surface area contributed by atoms with Gasteiger partial charge in [-0.05, 0) is 47.9 Å². The first-order valence-corrected chi connectivity index (χ1v) is 6.36. The van der Waals surface area contributed by atoms with E-state index in [0.717, 1.165) is 6.42 Å². The Kier molecular flexibility index (Phi) is 3.73. The second-order valence-electron chi connectivity index (χ2n) is 3.89. The van der Waals surface area contributed by atoms with Crippen molar-refractivity contribution in [1.82, 2.24) is 4.98 Å². The summed E-state index contributed by atoms with van der Waals surface area (Å²) in [4.78, 5) is 4.19. The second kappa shape index (κ2) is 5.46. The number of nitriles is 1. The van der Waals surface area contributed by atoms with Gasteiger partial charge in [-0.15, -0.1) is 0 Å². The van der Waals surface area contributed by atoms with Gasteiger partial charge in [-0.2, -0.15) is 16.6 Å². The highest BCUT2D eigenvalue weighted by Gasteiger charge is 2.07. The Labute approximate surface area is 105 Å². The van der Waals surface area contributed by atoms with Crippen molar-refractivity contribution >= 4 is 17.2 Å². The number of aromatic nitrogens is 1. The molecule has 1 N–H and O–H groups in total. The van der Waals surface area contributed by atoms with Crippen LogP contribution in [0.15, 0.2) is 35.2 Å². The van der Waals surface area contributed by atoms with Crippen LogP contribution in [0.2, 0.25) is 0 Å². The smallest absolute Gasteiger partial charge is 0.144 e. The maximum absolute atomic E-state index is 8.96. The molecular weight excluding hydrogens is 230 g/mol. The topological polar surface area (TPSA) is 48.7 Å². The summed E-state index contributed by atoms with van der Waals surface area (Å²) in [5, 5.41) is 16.4. The minimum atomic E-state index is 0.256. The van der Waals surface area contributed by atoms with Crippen molar-refractivity contribution in [2.24, 2.45) is 0 Å². The lowest BCUT2D eigenvalue weighted by Gasteiger charge is -2.14. The number of pyridine rings is 1. The van der Waals surface area contributed by atoms with Crippen molar-refractivity contribution in [2.75, 3.05) is 5.32 Å². The summed E-state index contributed by atoms with van der Waals surface area (Å²) in [6.07, 6.45) is 2.63. The highest BCUT2D eigenvalue weighted by atomic mass is 32.1. The van der Waals surface area contributed by atoms with Gasteiger partial charge in [-0.1, -0.05) is 0 Å². The van der Waals surface area contributed by atoms with Gasteiger partial charge >= 0.3 is 0 Å². The van der Waals surface area contributed by atoms with Crippen LogP contribution < -0.4 is 5.32 Å². The fraction of sp³-hybridized carbons (Fsp3) is 0.231. The average Bonchev–Trinajstić information content (AvgIpc) is 2.82. The van der Waals surface area contributed by atoms with E-state index in [1.165, 1.54) is 5.56 Å². The number of hydrogen-bond acceptors (Lipinski definition) is 4. The third kappa shape index (κ3) is 3.05. The lowest BCUT2D eigenvalue weighted by atomic mass is 10.1. The molecule has 2 heterocycles. The first kappa shape index (κ1) is 11.6. The fourth-order valence-corrected chi connectivity index (χ4v) is 2.34. The van der Waals surface area contributed by atoms with Gasteiger partial charge in [-0.3, -0.25) is 0 Å². The number of nitrogens with one attached hydrogen (secondary N) is 1. The van der Waals surface area contributed by atoms with Gasteiger partial charge in [0.2, 0.25) is 0 Å². The SMILES string of the molecule is CC(Cc1ccsc1)Nc1ncccc1C#N. The predicted octanol–water partition coefficient (Wildman–Crippen LogP) is 3.06. The van der Waals surface area contributed by atoms with Crippen LogP contribution in [0.1, 0.15) is 18.1 Å². The number of thiophene rings is 1. The molecule has 0 aliphatic heterocycles. The average molecular weight is 243 g/mol. The van der Waals surface area contributed by atoms with E-state index in [2.05, 4.69) is 40.1 Å². The van der Waals surface area contributed by atoms with Crippen LogP contribution in [0.25, 0.3) is 0 Å². The molecule has 1 atom stereocenters. The van der Waals surface area contributed by atoms with E-state index in [1.54, 1.807) is 29.7 Å². The number of rotatable bonds is 4. The van der Waals surface area contributed by atoms with Gasteiger partial charge in [0.05, 0.1) is 5.56 Å². The Morgan fingerprint density at radius 2 is 2.41 bits per heavy atom. The molecule has 86 valence electrons. The lowest BCUT2D eigenvalue weighted by molar-refractivity contribution is 0.786. The lowest BCUT2D eigenvalue weighted by Crippen LogP contribution is -2.19. The largest absolute Gasteiger partial charge is 0.366 e. The molecule has 0 radical (unpaired) electrons. The van der Waals surface area contributed by atoms with E-state index in [9.17, 15) is 0 Å². The van der Waals surface area contributed by atoms with E-state index in [-0.39, 0.29) is 6.04 Å². The monoisotopic (exact) mass is 243 g/mol. The van der Waals surface area contributed by atoms with Crippen molar-refractivity contribution in [2.45, 2.75) is 19.4 Å². The molecule has 0 saturated carbocycles. The summed E-state index contributed by atoms with van der Waals surface area (Å²) in [7, 11) is 0. The third-order valence-corrected chi connectivity index (χ3v) is 3.17. The van der Waals surface area contributed by atoms with Crippen molar-refractivity contribution in [3.63, 3.8) is 0 Å². The molecular formula is C13H13N3S. The van der Waals surface area contributed by atoms with E-state index in [1.807, 2.05) is 0 Å². The molecule has 0 spiro atoms. The molecule has 3 nitrogen and oxygen atoms in total. The molecule has 0 amide bonds. The molecule has 2 rings (SSSR count). The van der Waals surface area contributed by atoms with Gasteiger partial charge in [0, 0.05) is 12.2 Å². The highest BCUT2D eigenvalue weighted by molar-refractivity contribution is 7.07. The van der Waals surface area contributed by atoms with E-state index < -0.39 is 0 Å². The normalized spacial score (nSPS) is 11.8. The van der Waals surface area contributed by atoms with Crippen LogP contribution in [0.5, 0.6) is 0 Å². The number of anilines is 1. The van der Waals surface area contributed by atoms with Crippen LogP contribution in [-0.2, 0) is 6.42 Å². The van der Waals surface area contributed by atoms with Crippen molar-refractivity contribution < 1.29 is 0 Å². The third-order valence-electron chi connectivity index (χ3n) is 2.43. The molecule has 0 aliphatic rings. The molecule has 2 aromatic heterocycles. The van der Waals surface area contributed by atoms with Crippen LogP contribution in [-0.4, -0.2) is 11.0 Å². The van der Waals surface area contributed by atoms with E-state index in [4.69, 9.17) is 5.26 Å². The van der Waals surface area contributed by atoms with Gasteiger partial charge in [-0.25, -0.2) is 4.98 Å². The first-order chi connectivity index (χ1) is 8.29. The summed E-state index contributed by atoms with van der Waals surface area (Å²) in [5.74, 6) is 0.665. The molecule has 0 aromatic carbocycles. The number of hydrogen-bond donors (Lipinski definition) is 1. The zero-order valence-corrected chi connectivity index (χ0v) is 10.4. The van der Waals surface area contributed by atoms with E-state index in [0.29, 0.717) is 11.4 Å². The molecule has 0 bridgehead atoms. The Hall–Kier alpha value is -1.86. The van der Waals surface area contributed by atoms with Crippen molar-refractivity contribution in [1.29, 1.82) is 5.26 Å². The van der Waals surface area contributed by atoms with Crippen LogP contribution >= 0.6 is 11.3 Å². The quantitative estimate of drug-likeness (QED) is 0.897. The maximum Gasteiger partial charge on any atom is 0.144 e. The van der Waals surface area contributed by atoms with Gasteiger partial charge in [0.15, 0.2) is 0 Å². The molecule has 2 aromatic rings. The summed E-state index contributed by atoms with van der Waals surface area (Å²) in [6.45, 7) is 2.09. The maximum atomic E-state index is 8.96. The van der Waals surface area contributed by atoms with Gasteiger partial charge < -0.3 is 5.32 Å². The van der Waals surface area contributed by atoms with E-state index >= 15 is 0 Å². The highest BCUT2D eigenvalue weighted by Crippen LogP contribution is 2.14. The Balaban J connectivity index is 2.03. The molecule has 0 saturated heterocycles. The Morgan fingerprint density at radius 1 is 1.53 bits per heavy atom. The standard InChI is InChI=1S/C13H13N3S/c1-10(7-11-4-6-17-9-11)16-13-12(8-14)3-2-5-15-13/h2-6,9-10H,7H2,1H3,(H,15,16). The summed E-state index contributed by atoms with van der Waals surface area (Å²) in [6, 6.07) is 8.05. The minimum Gasteiger partial charge on any atom is -0.366 e. The second-order valence-corrected chi connectivity index (χ2v) is 4.67. The Bertz CT molecular complexity index is 514. The zero-order valence-electron chi connectivity index (χ0n) is 9.55. The molecule has 17 heavy (non-hydrogen) atoms. The molecule has 1 unspecified atom stereocenters. The van der Waals surface area contributed by atoms with Crippen LogP contribution in [0.3, 0.4) is 0 Å². The van der Waals surface area contributed by atoms with Gasteiger partial charge in [0.25, 0.3) is 0 Å². The minimum absolute atomic E-state index is 0.256. The molecule has 4 heteroatoms.